The van der Waals surface area contributed by atoms with Crippen LogP contribution in [0.2, 0.25) is 0 Å². The smallest absolute Gasteiger partial charge is 0.218 e. The Morgan fingerprint density at radius 1 is 1.22 bits per heavy atom. The fourth-order valence-electron chi connectivity index (χ4n) is 3.54. The summed E-state index contributed by atoms with van der Waals surface area (Å²) >= 11 is 0. The number of rotatable bonds is 9. The van der Waals surface area contributed by atoms with Gasteiger partial charge in [-0.3, -0.25) is 4.99 Å². The number of ether oxygens (including phenoxy) is 3. The number of aromatic nitrogens is 1. The molecule has 1 unspecified atom stereocenters. The highest BCUT2D eigenvalue weighted by atomic mass is 127. The number of halogens is 1. The van der Waals surface area contributed by atoms with E-state index in [0.717, 1.165) is 54.6 Å². The fraction of sp³-hybridized carbons (Fsp3) is 0.478. The van der Waals surface area contributed by atoms with Gasteiger partial charge in [-0.05, 0) is 18.9 Å². The summed E-state index contributed by atoms with van der Waals surface area (Å²) in [7, 11) is 5.12. The quantitative estimate of drug-likeness (QED) is 0.279. The monoisotopic (exact) mass is 555 g/mol. The number of hydrogen-bond donors (Lipinski definition) is 2. The molecule has 1 aliphatic rings. The van der Waals surface area contributed by atoms with Gasteiger partial charge in [0.25, 0.3) is 0 Å². The molecule has 1 aromatic carbocycles. The van der Waals surface area contributed by atoms with Crippen LogP contribution in [-0.4, -0.2) is 57.9 Å². The van der Waals surface area contributed by atoms with Crippen molar-refractivity contribution in [3.8, 4) is 17.4 Å². The zero-order chi connectivity index (χ0) is 22.1. The third kappa shape index (κ3) is 7.04. The predicted octanol–water partition coefficient (Wildman–Crippen LogP) is 3.45. The van der Waals surface area contributed by atoms with E-state index in [9.17, 15) is 0 Å². The highest BCUT2D eigenvalue weighted by Crippen LogP contribution is 2.30. The number of pyridine rings is 1. The van der Waals surface area contributed by atoms with Gasteiger partial charge in [0.15, 0.2) is 5.96 Å². The minimum Gasteiger partial charge on any atom is -0.497 e. The normalized spacial score (nSPS) is 15.7. The number of methoxy groups -OCH3 is 2. The van der Waals surface area contributed by atoms with E-state index in [1.54, 1.807) is 27.5 Å². The van der Waals surface area contributed by atoms with E-state index >= 15 is 0 Å². The molecular formula is C23H34IN5O3. The van der Waals surface area contributed by atoms with Crippen LogP contribution in [0.25, 0.3) is 0 Å². The lowest BCUT2D eigenvalue weighted by molar-refractivity contribution is 0.301. The van der Waals surface area contributed by atoms with Crippen molar-refractivity contribution in [3.05, 3.63) is 42.1 Å². The van der Waals surface area contributed by atoms with Crippen molar-refractivity contribution >= 4 is 35.6 Å². The summed E-state index contributed by atoms with van der Waals surface area (Å²) in [6.45, 7) is 5.15. The van der Waals surface area contributed by atoms with Crippen LogP contribution in [0.15, 0.2) is 41.5 Å². The molecule has 32 heavy (non-hydrogen) atoms. The number of benzene rings is 1. The van der Waals surface area contributed by atoms with E-state index in [2.05, 4.69) is 32.4 Å². The van der Waals surface area contributed by atoms with E-state index in [4.69, 9.17) is 14.2 Å². The van der Waals surface area contributed by atoms with Crippen molar-refractivity contribution in [2.45, 2.75) is 32.4 Å². The molecule has 2 heterocycles. The molecule has 0 spiro atoms. The SMILES string of the molecule is CCCOc1ncccc1CNC(=NC)NC1CCN(c2cc(OC)cc(OC)c2)C1.I. The van der Waals surface area contributed by atoms with E-state index in [0.29, 0.717) is 19.0 Å². The molecule has 9 heteroatoms. The molecule has 8 nitrogen and oxygen atoms in total. The van der Waals surface area contributed by atoms with Crippen molar-refractivity contribution in [1.29, 1.82) is 0 Å². The van der Waals surface area contributed by atoms with Gasteiger partial charge in [-0.1, -0.05) is 13.0 Å². The fourth-order valence-corrected chi connectivity index (χ4v) is 3.54. The summed E-state index contributed by atoms with van der Waals surface area (Å²) in [5.74, 6) is 3.02. The summed E-state index contributed by atoms with van der Waals surface area (Å²) < 4.78 is 16.6. The average Bonchev–Trinajstić information content (AvgIpc) is 3.29. The van der Waals surface area contributed by atoms with Gasteiger partial charge < -0.3 is 29.7 Å². The van der Waals surface area contributed by atoms with E-state index in [1.165, 1.54) is 0 Å². The van der Waals surface area contributed by atoms with Crippen LogP contribution >= 0.6 is 24.0 Å². The largest absolute Gasteiger partial charge is 0.497 e. The van der Waals surface area contributed by atoms with Crippen molar-refractivity contribution in [2.24, 2.45) is 4.99 Å². The van der Waals surface area contributed by atoms with Crippen molar-refractivity contribution in [3.63, 3.8) is 0 Å². The molecule has 1 atom stereocenters. The molecule has 2 N–H and O–H groups in total. The molecule has 1 saturated heterocycles. The summed E-state index contributed by atoms with van der Waals surface area (Å²) in [4.78, 5) is 11.1. The number of nitrogens with zero attached hydrogens (tertiary/aromatic N) is 3. The lowest BCUT2D eigenvalue weighted by Gasteiger charge is -2.21. The van der Waals surface area contributed by atoms with Crippen molar-refractivity contribution < 1.29 is 14.2 Å². The van der Waals surface area contributed by atoms with Gasteiger partial charge >= 0.3 is 0 Å². The standard InChI is InChI=1S/C23H33N5O3.HI/c1-5-11-31-22-17(7-6-9-25-22)15-26-23(24-2)27-18-8-10-28(16-18)19-12-20(29-3)14-21(13-19)30-4;/h6-7,9,12-14,18H,5,8,10-11,15-16H2,1-4H3,(H2,24,26,27);1H. The Labute approximate surface area is 207 Å². The Morgan fingerprint density at radius 2 is 1.97 bits per heavy atom. The van der Waals surface area contributed by atoms with Crippen LogP contribution in [0, 0.1) is 0 Å². The first kappa shape index (κ1) is 25.8. The number of guanidine groups is 1. The Balaban J connectivity index is 0.00000363. The zero-order valence-corrected chi connectivity index (χ0v) is 21.6. The van der Waals surface area contributed by atoms with Gasteiger partial charge in [0.2, 0.25) is 5.88 Å². The maximum atomic E-state index is 5.75. The molecular weight excluding hydrogens is 521 g/mol. The number of hydrogen-bond acceptors (Lipinski definition) is 6. The average molecular weight is 555 g/mol. The number of nitrogens with one attached hydrogen (secondary N) is 2. The minimum absolute atomic E-state index is 0. The summed E-state index contributed by atoms with van der Waals surface area (Å²) in [6.07, 6.45) is 3.71. The van der Waals surface area contributed by atoms with E-state index in [-0.39, 0.29) is 30.0 Å². The molecule has 1 aromatic heterocycles. The Morgan fingerprint density at radius 3 is 2.62 bits per heavy atom. The Hall–Kier alpha value is -2.43. The number of aliphatic imine (C=N–C) groups is 1. The van der Waals surface area contributed by atoms with Crippen molar-refractivity contribution in [1.82, 2.24) is 15.6 Å². The molecule has 0 bridgehead atoms. The Kier molecular flexibility index (Phi) is 10.6. The zero-order valence-electron chi connectivity index (χ0n) is 19.3. The Bertz CT molecular complexity index is 858. The molecule has 1 aliphatic heterocycles. The van der Waals surface area contributed by atoms with Gasteiger partial charge in [0.1, 0.15) is 11.5 Å². The van der Waals surface area contributed by atoms with Gasteiger partial charge in [-0.15, -0.1) is 24.0 Å². The van der Waals surface area contributed by atoms with Crippen LogP contribution in [0.1, 0.15) is 25.3 Å². The molecule has 0 amide bonds. The molecule has 3 rings (SSSR count). The first-order valence-electron chi connectivity index (χ1n) is 10.7. The van der Waals surface area contributed by atoms with Gasteiger partial charge in [0.05, 0.1) is 20.8 Å². The van der Waals surface area contributed by atoms with Gasteiger partial charge in [-0.25, -0.2) is 4.98 Å². The predicted molar refractivity (Wildman–Crippen MR) is 139 cm³/mol. The van der Waals surface area contributed by atoms with E-state index < -0.39 is 0 Å². The van der Waals surface area contributed by atoms with Gasteiger partial charge in [-0.2, -0.15) is 0 Å². The lowest BCUT2D eigenvalue weighted by Crippen LogP contribution is -2.44. The molecule has 176 valence electrons. The first-order valence-corrected chi connectivity index (χ1v) is 10.7. The second-order valence-corrected chi connectivity index (χ2v) is 7.39. The highest BCUT2D eigenvalue weighted by Gasteiger charge is 2.24. The van der Waals surface area contributed by atoms with Crippen LogP contribution < -0.4 is 29.7 Å². The maximum Gasteiger partial charge on any atom is 0.218 e. The second-order valence-electron chi connectivity index (χ2n) is 7.39. The van der Waals surface area contributed by atoms with Crippen LogP contribution in [0.4, 0.5) is 5.69 Å². The van der Waals surface area contributed by atoms with Crippen LogP contribution in [-0.2, 0) is 6.54 Å². The second kappa shape index (κ2) is 13.2. The van der Waals surface area contributed by atoms with E-state index in [1.807, 2.05) is 30.3 Å². The summed E-state index contributed by atoms with van der Waals surface area (Å²) in [5.41, 5.74) is 2.10. The summed E-state index contributed by atoms with van der Waals surface area (Å²) in [6, 6.07) is 10.2. The summed E-state index contributed by atoms with van der Waals surface area (Å²) in [5, 5.41) is 6.91. The lowest BCUT2D eigenvalue weighted by atomic mass is 10.2. The van der Waals surface area contributed by atoms with Crippen LogP contribution in [0.3, 0.4) is 0 Å². The third-order valence-electron chi connectivity index (χ3n) is 5.19. The third-order valence-corrected chi connectivity index (χ3v) is 5.19. The molecule has 1 fully saturated rings. The highest BCUT2D eigenvalue weighted by molar-refractivity contribution is 14.0. The van der Waals surface area contributed by atoms with Crippen molar-refractivity contribution in [2.75, 3.05) is 45.9 Å². The molecule has 0 saturated carbocycles. The number of anilines is 1. The topological polar surface area (TPSA) is 80.2 Å². The molecule has 0 aliphatic carbocycles. The molecule has 0 radical (unpaired) electrons. The van der Waals surface area contributed by atoms with Gasteiger partial charge in [0, 0.05) is 68.4 Å². The first-order chi connectivity index (χ1) is 15.2. The molecule has 2 aromatic rings. The maximum absolute atomic E-state index is 5.75. The minimum atomic E-state index is 0. The van der Waals surface area contributed by atoms with Crippen LogP contribution in [0.5, 0.6) is 17.4 Å².